The minimum atomic E-state index is 0.299. The molecule has 0 aliphatic carbocycles. The molecular formula is C8H9N5. The number of fused-ring (bicyclic) bond motifs is 1. The van der Waals surface area contributed by atoms with Crippen LogP contribution >= 0.6 is 0 Å². The van der Waals surface area contributed by atoms with Crippen molar-refractivity contribution in [2.75, 3.05) is 0 Å². The third-order valence-corrected chi connectivity index (χ3v) is 1.82. The third-order valence-electron chi connectivity index (χ3n) is 1.82. The predicted molar refractivity (Wildman–Crippen MR) is 47.0 cm³/mol. The van der Waals surface area contributed by atoms with Gasteiger partial charge in [0, 0.05) is 5.39 Å². The molecule has 0 bridgehead atoms. The second kappa shape index (κ2) is 3.01. The molecule has 0 aromatic carbocycles. The maximum Gasteiger partial charge on any atom is 0.122 e. The van der Waals surface area contributed by atoms with Gasteiger partial charge in [0.1, 0.15) is 5.52 Å². The Bertz CT molecular complexity index is 420. The normalized spacial score (nSPS) is 11.0. The Labute approximate surface area is 75.2 Å². The summed E-state index contributed by atoms with van der Waals surface area (Å²) in [6.07, 6.45) is 3.28. The van der Waals surface area contributed by atoms with E-state index in [0.29, 0.717) is 5.92 Å². The van der Waals surface area contributed by atoms with Gasteiger partial charge in [0.2, 0.25) is 0 Å². The number of rotatable bonds is 1. The van der Waals surface area contributed by atoms with Gasteiger partial charge in [-0.3, -0.25) is 0 Å². The summed E-state index contributed by atoms with van der Waals surface area (Å²) in [6, 6.07) is 0. The molecule has 13 heavy (non-hydrogen) atoms. The van der Waals surface area contributed by atoms with E-state index in [0.717, 1.165) is 16.6 Å². The molecule has 0 fully saturated rings. The summed E-state index contributed by atoms with van der Waals surface area (Å²) in [7, 11) is 0. The van der Waals surface area contributed by atoms with Crippen LogP contribution in [0.25, 0.3) is 10.9 Å². The average Bonchev–Trinajstić information content (AvgIpc) is 2.17. The molecule has 0 saturated carbocycles. The van der Waals surface area contributed by atoms with E-state index < -0.39 is 0 Å². The summed E-state index contributed by atoms with van der Waals surface area (Å²) in [5.41, 5.74) is 1.66. The van der Waals surface area contributed by atoms with E-state index >= 15 is 0 Å². The van der Waals surface area contributed by atoms with Crippen LogP contribution in [0, 0.1) is 0 Å². The first-order valence-corrected chi connectivity index (χ1v) is 4.08. The number of hydrogen-bond donors (Lipinski definition) is 0. The lowest BCUT2D eigenvalue weighted by molar-refractivity contribution is 0.782. The minimum Gasteiger partial charge on any atom is -0.158 e. The summed E-state index contributed by atoms with van der Waals surface area (Å²) in [6.45, 7) is 4.09. The number of hydrogen-bond acceptors (Lipinski definition) is 5. The summed E-state index contributed by atoms with van der Waals surface area (Å²) in [5.74, 6) is 0.299. The maximum atomic E-state index is 4.03. The highest BCUT2D eigenvalue weighted by atomic mass is 15.3. The Kier molecular flexibility index (Phi) is 1.84. The second-order valence-electron chi connectivity index (χ2n) is 3.12. The van der Waals surface area contributed by atoms with Crippen molar-refractivity contribution in [1.82, 2.24) is 25.6 Å². The highest BCUT2D eigenvalue weighted by Gasteiger charge is 2.08. The number of aromatic nitrogens is 5. The topological polar surface area (TPSA) is 64.5 Å². The Morgan fingerprint density at radius 2 is 1.85 bits per heavy atom. The molecule has 0 radical (unpaired) electrons. The van der Waals surface area contributed by atoms with Crippen LogP contribution in [0.15, 0.2) is 12.4 Å². The van der Waals surface area contributed by atoms with Gasteiger partial charge in [-0.05, 0) is 11.1 Å². The van der Waals surface area contributed by atoms with E-state index in [1.165, 1.54) is 0 Å². The predicted octanol–water partition coefficient (Wildman–Crippen LogP) is 0.938. The van der Waals surface area contributed by atoms with Gasteiger partial charge in [0.15, 0.2) is 0 Å². The van der Waals surface area contributed by atoms with Gasteiger partial charge in [-0.15, -0.1) is 10.2 Å². The molecule has 2 heterocycles. The summed E-state index contributed by atoms with van der Waals surface area (Å²) in [5, 5.41) is 20.0. The molecule has 2 rings (SSSR count). The van der Waals surface area contributed by atoms with Crippen LogP contribution in [-0.4, -0.2) is 25.6 Å². The molecular weight excluding hydrogens is 166 g/mol. The fraction of sp³-hybridized carbons (Fsp3) is 0.375. The molecule has 0 atom stereocenters. The second-order valence-corrected chi connectivity index (χ2v) is 3.12. The molecule has 2 aromatic heterocycles. The van der Waals surface area contributed by atoms with Crippen molar-refractivity contribution < 1.29 is 0 Å². The lowest BCUT2D eigenvalue weighted by Gasteiger charge is -2.03. The van der Waals surface area contributed by atoms with E-state index in [-0.39, 0.29) is 0 Å². The van der Waals surface area contributed by atoms with Crippen LogP contribution in [0.4, 0.5) is 0 Å². The van der Waals surface area contributed by atoms with Crippen LogP contribution in [-0.2, 0) is 0 Å². The minimum absolute atomic E-state index is 0.299. The van der Waals surface area contributed by atoms with Gasteiger partial charge in [-0.2, -0.15) is 10.2 Å². The standard InChI is InChI=1S/C8H9N5/c1-5(2)7-8-6(3-9-11-7)4-10-13-12-8/h3-5H,1-2H3. The first-order valence-electron chi connectivity index (χ1n) is 4.08. The first kappa shape index (κ1) is 7.97. The molecule has 5 nitrogen and oxygen atoms in total. The largest absolute Gasteiger partial charge is 0.158 e. The molecule has 0 N–H and O–H groups in total. The zero-order chi connectivity index (χ0) is 9.26. The average molecular weight is 175 g/mol. The van der Waals surface area contributed by atoms with Crippen molar-refractivity contribution >= 4 is 10.9 Å². The van der Waals surface area contributed by atoms with Crippen molar-refractivity contribution in [2.24, 2.45) is 0 Å². The fourth-order valence-electron chi connectivity index (χ4n) is 1.16. The zero-order valence-corrected chi connectivity index (χ0v) is 7.47. The van der Waals surface area contributed by atoms with E-state index in [1.807, 2.05) is 13.8 Å². The maximum absolute atomic E-state index is 4.03. The highest BCUT2D eigenvalue weighted by molar-refractivity contribution is 5.78. The van der Waals surface area contributed by atoms with Gasteiger partial charge in [-0.25, -0.2) is 0 Å². The fourth-order valence-corrected chi connectivity index (χ4v) is 1.16. The monoisotopic (exact) mass is 175 g/mol. The lowest BCUT2D eigenvalue weighted by Crippen LogP contribution is -2.00. The Morgan fingerprint density at radius 1 is 1.08 bits per heavy atom. The van der Waals surface area contributed by atoms with Gasteiger partial charge < -0.3 is 0 Å². The van der Waals surface area contributed by atoms with Crippen molar-refractivity contribution in [3.8, 4) is 0 Å². The zero-order valence-electron chi connectivity index (χ0n) is 7.47. The van der Waals surface area contributed by atoms with Crippen molar-refractivity contribution in [3.05, 3.63) is 18.1 Å². The molecule has 5 heteroatoms. The summed E-state index contributed by atoms with van der Waals surface area (Å²) >= 11 is 0. The Morgan fingerprint density at radius 3 is 2.62 bits per heavy atom. The summed E-state index contributed by atoms with van der Waals surface area (Å²) < 4.78 is 0. The van der Waals surface area contributed by atoms with Crippen molar-refractivity contribution in [3.63, 3.8) is 0 Å². The van der Waals surface area contributed by atoms with Gasteiger partial charge in [-0.1, -0.05) is 13.8 Å². The van der Waals surface area contributed by atoms with E-state index in [2.05, 4.69) is 25.6 Å². The molecule has 0 amide bonds. The van der Waals surface area contributed by atoms with Gasteiger partial charge in [0.05, 0.1) is 18.1 Å². The molecule has 0 unspecified atom stereocenters. The molecule has 0 aliphatic rings. The summed E-state index contributed by atoms with van der Waals surface area (Å²) in [4.78, 5) is 0. The van der Waals surface area contributed by atoms with Crippen LogP contribution in [0.1, 0.15) is 25.5 Å². The van der Waals surface area contributed by atoms with Crippen molar-refractivity contribution in [1.29, 1.82) is 0 Å². The SMILES string of the molecule is CC(C)c1nncc2cnnnc12. The molecule has 0 spiro atoms. The highest BCUT2D eigenvalue weighted by Crippen LogP contribution is 2.17. The van der Waals surface area contributed by atoms with Crippen LogP contribution < -0.4 is 0 Å². The van der Waals surface area contributed by atoms with Crippen LogP contribution in [0.3, 0.4) is 0 Å². The molecule has 0 aliphatic heterocycles. The van der Waals surface area contributed by atoms with Crippen molar-refractivity contribution in [2.45, 2.75) is 19.8 Å². The van der Waals surface area contributed by atoms with Crippen LogP contribution in [0.2, 0.25) is 0 Å². The smallest absolute Gasteiger partial charge is 0.122 e. The lowest BCUT2D eigenvalue weighted by atomic mass is 10.1. The molecule has 66 valence electrons. The van der Waals surface area contributed by atoms with Gasteiger partial charge >= 0.3 is 0 Å². The van der Waals surface area contributed by atoms with Gasteiger partial charge in [0.25, 0.3) is 0 Å². The first-order chi connectivity index (χ1) is 6.29. The Balaban J connectivity index is 2.76. The Hall–Kier alpha value is -1.65. The quantitative estimate of drug-likeness (QED) is 0.645. The van der Waals surface area contributed by atoms with E-state index in [1.54, 1.807) is 12.4 Å². The number of nitrogens with zero attached hydrogens (tertiary/aromatic N) is 5. The van der Waals surface area contributed by atoms with Crippen LogP contribution in [0.5, 0.6) is 0 Å². The molecule has 0 saturated heterocycles. The van der Waals surface area contributed by atoms with E-state index in [9.17, 15) is 0 Å². The van der Waals surface area contributed by atoms with E-state index in [4.69, 9.17) is 0 Å². The third kappa shape index (κ3) is 1.32. The molecule has 2 aromatic rings.